The summed E-state index contributed by atoms with van der Waals surface area (Å²) < 4.78 is 5.37. The molecular formula is C17H21N3O3. The first kappa shape index (κ1) is 14.5. The summed E-state index contributed by atoms with van der Waals surface area (Å²) >= 11 is 0. The van der Waals surface area contributed by atoms with E-state index in [9.17, 15) is 9.59 Å². The van der Waals surface area contributed by atoms with Crippen molar-refractivity contribution in [3.63, 3.8) is 0 Å². The van der Waals surface area contributed by atoms with Crippen LogP contribution in [-0.2, 0) is 9.59 Å². The maximum absolute atomic E-state index is 12.3. The number of benzene rings is 1. The molecule has 3 heterocycles. The lowest BCUT2D eigenvalue weighted by Crippen LogP contribution is -2.39. The van der Waals surface area contributed by atoms with Crippen molar-refractivity contribution in [2.24, 2.45) is 5.92 Å². The minimum atomic E-state index is -0.158. The van der Waals surface area contributed by atoms with Gasteiger partial charge in [0.2, 0.25) is 5.91 Å². The maximum atomic E-state index is 12.3. The summed E-state index contributed by atoms with van der Waals surface area (Å²) in [7, 11) is 0. The van der Waals surface area contributed by atoms with Gasteiger partial charge in [-0.15, -0.1) is 0 Å². The molecule has 1 aromatic carbocycles. The number of fused-ring (bicyclic) bond motifs is 3. The van der Waals surface area contributed by atoms with E-state index < -0.39 is 0 Å². The van der Waals surface area contributed by atoms with Gasteiger partial charge in [0.05, 0.1) is 5.69 Å². The third-order valence-corrected chi connectivity index (χ3v) is 4.94. The van der Waals surface area contributed by atoms with Crippen molar-refractivity contribution < 1.29 is 14.3 Å². The first-order chi connectivity index (χ1) is 11.2. The number of carbonyl (C=O) groups is 2. The van der Waals surface area contributed by atoms with E-state index in [0.29, 0.717) is 41.5 Å². The molecule has 23 heavy (non-hydrogen) atoms. The zero-order valence-corrected chi connectivity index (χ0v) is 12.9. The Morgan fingerprint density at radius 1 is 1.26 bits per heavy atom. The molecular weight excluding hydrogens is 294 g/mol. The van der Waals surface area contributed by atoms with Crippen LogP contribution in [0, 0.1) is 5.92 Å². The van der Waals surface area contributed by atoms with Crippen molar-refractivity contribution >= 4 is 23.2 Å². The quantitative estimate of drug-likeness (QED) is 0.796. The number of rotatable bonds is 3. The number of piperidine rings is 1. The van der Waals surface area contributed by atoms with E-state index in [2.05, 4.69) is 16.0 Å². The van der Waals surface area contributed by atoms with E-state index in [-0.39, 0.29) is 18.4 Å². The molecule has 2 bridgehead atoms. The summed E-state index contributed by atoms with van der Waals surface area (Å²) in [6, 6.07) is 6.52. The fourth-order valence-corrected chi connectivity index (χ4v) is 3.97. The van der Waals surface area contributed by atoms with Crippen LogP contribution in [0.15, 0.2) is 18.2 Å². The van der Waals surface area contributed by atoms with Gasteiger partial charge in [0.1, 0.15) is 5.75 Å². The molecule has 1 aromatic rings. The van der Waals surface area contributed by atoms with Gasteiger partial charge in [-0.25, -0.2) is 0 Å². The van der Waals surface area contributed by atoms with E-state index in [1.54, 1.807) is 18.2 Å². The van der Waals surface area contributed by atoms with Crippen LogP contribution in [0.2, 0.25) is 0 Å². The van der Waals surface area contributed by atoms with Crippen LogP contribution in [0.4, 0.5) is 11.4 Å². The van der Waals surface area contributed by atoms with Crippen LogP contribution < -0.4 is 20.7 Å². The molecule has 6 heteroatoms. The Hall–Kier alpha value is -2.08. The lowest BCUT2D eigenvalue weighted by molar-refractivity contribution is -0.119. The molecule has 0 radical (unpaired) electrons. The first-order valence-corrected chi connectivity index (χ1v) is 8.28. The van der Waals surface area contributed by atoms with Gasteiger partial charge in [0, 0.05) is 30.3 Å². The van der Waals surface area contributed by atoms with Crippen molar-refractivity contribution in [1.82, 2.24) is 5.32 Å². The number of ether oxygens (including phenoxy) is 1. The maximum Gasteiger partial charge on any atom is 0.262 e. The Morgan fingerprint density at radius 2 is 2.04 bits per heavy atom. The van der Waals surface area contributed by atoms with Gasteiger partial charge in [-0.3, -0.25) is 9.59 Å². The molecule has 0 aromatic heterocycles. The number of amides is 2. The van der Waals surface area contributed by atoms with Crippen LogP contribution >= 0.6 is 0 Å². The van der Waals surface area contributed by atoms with Gasteiger partial charge < -0.3 is 20.7 Å². The van der Waals surface area contributed by atoms with Gasteiger partial charge in [0.25, 0.3) is 5.91 Å². The molecule has 3 N–H and O–H groups in total. The predicted octanol–water partition coefficient (Wildman–Crippen LogP) is 1.88. The van der Waals surface area contributed by atoms with E-state index in [1.165, 1.54) is 12.8 Å². The van der Waals surface area contributed by atoms with Crippen molar-refractivity contribution in [3.05, 3.63) is 18.2 Å². The number of hydrogen-bond donors (Lipinski definition) is 3. The second-order valence-electron chi connectivity index (χ2n) is 6.78. The molecule has 4 rings (SSSR count). The number of nitrogens with one attached hydrogen (secondary N) is 3. The Morgan fingerprint density at radius 3 is 2.83 bits per heavy atom. The molecule has 2 amide bonds. The van der Waals surface area contributed by atoms with Crippen molar-refractivity contribution in [3.8, 4) is 5.75 Å². The van der Waals surface area contributed by atoms with Crippen LogP contribution in [-0.4, -0.2) is 30.5 Å². The number of anilines is 2. The zero-order valence-electron chi connectivity index (χ0n) is 12.9. The smallest absolute Gasteiger partial charge is 0.262 e. The molecule has 2 saturated heterocycles. The second-order valence-corrected chi connectivity index (χ2v) is 6.78. The van der Waals surface area contributed by atoms with Crippen molar-refractivity contribution in [1.29, 1.82) is 0 Å². The molecule has 122 valence electrons. The summed E-state index contributed by atoms with van der Waals surface area (Å²) in [6.45, 7) is 0.0161. The molecule has 3 aliphatic rings. The van der Waals surface area contributed by atoms with Gasteiger partial charge in [0.15, 0.2) is 6.61 Å². The minimum Gasteiger partial charge on any atom is -0.482 e. The van der Waals surface area contributed by atoms with Crippen molar-refractivity contribution in [2.75, 3.05) is 17.2 Å². The number of carbonyl (C=O) groups excluding carboxylic acids is 2. The molecule has 0 aliphatic carbocycles. The fourth-order valence-electron chi connectivity index (χ4n) is 3.97. The molecule has 3 aliphatic heterocycles. The topological polar surface area (TPSA) is 79.5 Å². The van der Waals surface area contributed by atoms with Gasteiger partial charge >= 0.3 is 0 Å². The first-order valence-electron chi connectivity index (χ1n) is 8.28. The standard InChI is InChI=1S/C17H21N3O3/c21-16(7-10-5-11-1-2-12(6-10)18-11)19-13-3-4-14-15(8-13)23-9-17(22)20-14/h3-4,8,10-12,18H,1-2,5-7,9H2,(H,19,21)(H,20,22). The Kier molecular flexibility index (Phi) is 3.69. The summed E-state index contributed by atoms with van der Waals surface area (Å²) in [5, 5.41) is 9.29. The predicted molar refractivity (Wildman–Crippen MR) is 86.5 cm³/mol. The van der Waals surface area contributed by atoms with Crippen LogP contribution in [0.3, 0.4) is 0 Å². The molecule has 6 nitrogen and oxygen atoms in total. The van der Waals surface area contributed by atoms with E-state index >= 15 is 0 Å². The largest absolute Gasteiger partial charge is 0.482 e. The van der Waals surface area contributed by atoms with E-state index in [0.717, 1.165) is 12.8 Å². The second kappa shape index (κ2) is 5.85. The third kappa shape index (κ3) is 3.17. The summed E-state index contributed by atoms with van der Waals surface area (Å²) in [5.74, 6) is 0.968. The summed E-state index contributed by atoms with van der Waals surface area (Å²) in [6.07, 6.45) is 5.27. The highest BCUT2D eigenvalue weighted by Crippen LogP contribution is 2.33. The normalized spacial score (nSPS) is 28.5. The number of hydrogen-bond acceptors (Lipinski definition) is 4. The van der Waals surface area contributed by atoms with Crippen molar-refractivity contribution in [2.45, 2.75) is 44.2 Å². The highest BCUT2D eigenvalue weighted by atomic mass is 16.5. The molecule has 2 unspecified atom stereocenters. The third-order valence-electron chi connectivity index (χ3n) is 4.94. The lowest BCUT2D eigenvalue weighted by atomic mass is 9.89. The average Bonchev–Trinajstić information content (AvgIpc) is 2.86. The van der Waals surface area contributed by atoms with Crippen LogP contribution in [0.5, 0.6) is 5.75 Å². The van der Waals surface area contributed by atoms with Gasteiger partial charge in [-0.05, 0) is 43.7 Å². The highest BCUT2D eigenvalue weighted by Gasteiger charge is 2.34. The molecule has 2 atom stereocenters. The van der Waals surface area contributed by atoms with E-state index in [4.69, 9.17) is 4.74 Å². The monoisotopic (exact) mass is 315 g/mol. The Bertz CT molecular complexity index is 634. The summed E-state index contributed by atoms with van der Waals surface area (Å²) in [5.41, 5.74) is 1.36. The molecule has 2 fully saturated rings. The van der Waals surface area contributed by atoms with Gasteiger partial charge in [-0.2, -0.15) is 0 Å². The van der Waals surface area contributed by atoms with E-state index in [1.807, 2.05) is 0 Å². The molecule has 0 spiro atoms. The van der Waals surface area contributed by atoms with Gasteiger partial charge in [-0.1, -0.05) is 0 Å². The van der Waals surface area contributed by atoms with Crippen LogP contribution in [0.1, 0.15) is 32.1 Å². The fraction of sp³-hybridized carbons (Fsp3) is 0.529. The zero-order chi connectivity index (χ0) is 15.8. The minimum absolute atomic E-state index is 0.0161. The Labute approximate surface area is 135 Å². The van der Waals surface area contributed by atoms with Crippen LogP contribution in [0.25, 0.3) is 0 Å². The summed E-state index contributed by atoms with van der Waals surface area (Å²) in [4.78, 5) is 23.5. The average molecular weight is 315 g/mol. The highest BCUT2D eigenvalue weighted by molar-refractivity contribution is 5.97. The Balaban J connectivity index is 1.36. The molecule has 0 saturated carbocycles. The lowest BCUT2D eigenvalue weighted by Gasteiger charge is -2.28. The SMILES string of the molecule is O=C(CC1CC2CCC(C1)N2)Nc1ccc2c(c1)OCC(=O)N2.